The fourth-order valence-electron chi connectivity index (χ4n) is 3.32. The van der Waals surface area contributed by atoms with Crippen LogP contribution in [0.3, 0.4) is 0 Å². The topological polar surface area (TPSA) is 59.5 Å². The zero-order valence-electron chi connectivity index (χ0n) is 15.6. The standard InChI is InChI=1S/C22H20BrClN2O2/c1-14-11-19(24)7-8-20(14)21(16-3-5-18(23)6-4-16)13-22(25-27)17-9-10-26(28)15(2)12-17/h3-12,21,27H,13H2,1-2H3/b25-22-. The summed E-state index contributed by atoms with van der Waals surface area (Å²) in [6, 6.07) is 17.3. The number of aromatic nitrogens is 1. The molecule has 2 aromatic carbocycles. The Bertz CT molecular complexity index is 1020. The van der Waals surface area contributed by atoms with Crippen LogP contribution >= 0.6 is 27.5 Å². The minimum Gasteiger partial charge on any atom is -0.619 e. The molecule has 4 nitrogen and oxygen atoms in total. The molecule has 0 spiro atoms. The van der Waals surface area contributed by atoms with E-state index in [-0.39, 0.29) is 5.92 Å². The largest absolute Gasteiger partial charge is 0.619 e. The molecular formula is C22H20BrClN2O2. The van der Waals surface area contributed by atoms with Crippen molar-refractivity contribution in [2.24, 2.45) is 5.16 Å². The average Bonchev–Trinajstić information content (AvgIpc) is 2.67. The third-order valence-corrected chi connectivity index (χ3v) is 5.60. The van der Waals surface area contributed by atoms with Gasteiger partial charge in [0.25, 0.3) is 0 Å². The summed E-state index contributed by atoms with van der Waals surface area (Å²) in [7, 11) is 0. The predicted molar refractivity (Wildman–Crippen MR) is 115 cm³/mol. The Morgan fingerprint density at radius 1 is 1.14 bits per heavy atom. The molecule has 0 aliphatic rings. The molecule has 0 fully saturated rings. The van der Waals surface area contributed by atoms with Gasteiger partial charge in [-0.15, -0.1) is 0 Å². The smallest absolute Gasteiger partial charge is 0.190 e. The molecule has 1 N–H and O–H groups in total. The third-order valence-electron chi connectivity index (χ3n) is 4.83. The van der Waals surface area contributed by atoms with Gasteiger partial charge in [-0.25, -0.2) is 0 Å². The summed E-state index contributed by atoms with van der Waals surface area (Å²) >= 11 is 9.63. The number of rotatable bonds is 5. The first kappa shape index (κ1) is 20.4. The molecule has 0 amide bonds. The number of pyridine rings is 1. The van der Waals surface area contributed by atoms with Crippen LogP contribution < -0.4 is 4.73 Å². The highest BCUT2D eigenvalue weighted by molar-refractivity contribution is 9.10. The molecule has 0 bridgehead atoms. The van der Waals surface area contributed by atoms with Gasteiger partial charge in [0.2, 0.25) is 0 Å². The molecule has 0 aliphatic heterocycles. The maximum atomic E-state index is 11.7. The summed E-state index contributed by atoms with van der Waals surface area (Å²) in [6.45, 7) is 3.75. The highest BCUT2D eigenvalue weighted by atomic mass is 79.9. The Balaban J connectivity index is 2.05. The van der Waals surface area contributed by atoms with Gasteiger partial charge in [-0.1, -0.05) is 50.9 Å². The number of oxime groups is 1. The quantitative estimate of drug-likeness (QED) is 0.173. The van der Waals surface area contributed by atoms with E-state index in [1.165, 1.54) is 6.20 Å². The monoisotopic (exact) mass is 458 g/mol. The molecule has 1 aromatic heterocycles. The second-order valence-electron chi connectivity index (χ2n) is 6.74. The van der Waals surface area contributed by atoms with E-state index in [4.69, 9.17) is 11.6 Å². The third kappa shape index (κ3) is 4.54. The molecule has 1 heterocycles. The van der Waals surface area contributed by atoms with Crippen LogP contribution in [-0.4, -0.2) is 10.9 Å². The summed E-state index contributed by atoms with van der Waals surface area (Å²) in [5, 5.41) is 25.6. The van der Waals surface area contributed by atoms with Gasteiger partial charge in [0.1, 0.15) is 0 Å². The first-order valence-electron chi connectivity index (χ1n) is 8.81. The fourth-order valence-corrected chi connectivity index (χ4v) is 3.82. The molecule has 0 saturated carbocycles. The predicted octanol–water partition coefficient (Wildman–Crippen LogP) is 5.75. The van der Waals surface area contributed by atoms with Crippen molar-refractivity contribution in [3.63, 3.8) is 0 Å². The van der Waals surface area contributed by atoms with Gasteiger partial charge in [0.05, 0.1) is 5.71 Å². The maximum Gasteiger partial charge on any atom is 0.190 e. The van der Waals surface area contributed by atoms with Crippen molar-refractivity contribution in [1.82, 2.24) is 0 Å². The van der Waals surface area contributed by atoms with Crippen LogP contribution in [-0.2, 0) is 0 Å². The molecule has 3 rings (SSSR count). The summed E-state index contributed by atoms with van der Waals surface area (Å²) in [5.41, 5.74) is 5.06. The van der Waals surface area contributed by atoms with Crippen LogP contribution in [0.4, 0.5) is 0 Å². The van der Waals surface area contributed by atoms with Crippen LogP contribution in [0, 0.1) is 19.1 Å². The zero-order valence-corrected chi connectivity index (χ0v) is 17.9. The van der Waals surface area contributed by atoms with Crippen LogP contribution in [0.1, 0.15) is 40.3 Å². The van der Waals surface area contributed by atoms with Crippen molar-refractivity contribution in [1.29, 1.82) is 0 Å². The lowest BCUT2D eigenvalue weighted by atomic mass is 9.83. The number of aryl methyl sites for hydroxylation is 2. The minimum atomic E-state index is -0.0313. The molecule has 0 aliphatic carbocycles. The van der Waals surface area contributed by atoms with Crippen molar-refractivity contribution >= 4 is 33.2 Å². The van der Waals surface area contributed by atoms with E-state index in [1.54, 1.807) is 19.1 Å². The van der Waals surface area contributed by atoms with Crippen LogP contribution in [0.5, 0.6) is 0 Å². The highest BCUT2D eigenvalue weighted by Gasteiger charge is 2.21. The van der Waals surface area contributed by atoms with Crippen molar-refractivity contribution in [2.75, 3.05) is 0 Å². The van der Waals surface area contributed by atoms with Crippen molar-refractivity contribution in [3.05, 3.63) is 103 Å². The van der Waals surface area contributed by atoms with Crippen LogP contribution in [0.2, 0.25) is 5.02 Å². The van der Waals surface area contributed by atoms with Crippen molar-refractivity contribution in [2.45, 2.75) is 26.2 Å². The summed E-state index contributed by atoms with van der Waals surface area (Å²) < 4.78 is 1.78. The Labute approximate surface area is 177 Å². The molecule has 144 valence electrons. The lowest BCUT2D eigenvalue weighted by Gasteiger charge is -2.21. The van der Waals surface area contributed by atoms with Gasteiger partial charge in [0.15, 0.2) is 11.9 Å². The number of hydrogen-bond acceptors (Lipinski definition) is 3. The normalized spacial score (nSPS) is 12.8. The summed E-state index contributed by atoms with van der Waals surface area (Å²) in [4.78, 5) is 0. The second-order valence-corrected chi connectivity index (χ2v) is 8.09. The molecule has 1 atom stereocenters. The lowest BCUT2D eigenvalue weighted by Crippen LogP contribution is -2.29. The highest BCUT2D eigenvalue weighted by Crippen LogP contribution is 2.33. The van der Waals surface area contributed by atoms with E-state index < -0.39 is 0 Å². The van der Waals surface area contributed by atoms with E-state index in [1.807, 2.05) is 37.3 Å². The molecule has 0 radical (unpaired) electrons. The second kappa shape index (κ2) is 8.76. The van der Waals surface area contributed by atoms with E-state index in [9.17, 15) is 10.4 Å². The number of halogens is 2. The summed E-state index contributed by atoms with van der Waals surface area (Å²) in [6.07, 6.45) is 1.90. The fraction of sp³-hybridized carbons (Fsp3) is 0.182. The number of hydrogen-bond donors (Lipinski definition) is 1. The van der Waals surface area contributed by atoms with E-state index in [0.29, 0.717) is 22.8 Å². The molecule has 6 heteroatoms. The Morgan fingerprint density at radius 3 is 2.46 bits per heavy atom. The van der Waals surface area contributed by atoms with Gasteiger partial charge >= 0.3 is 0 Å². The zero-order chi connectivity index (χ0) is 20.3. The first-order valence-corrected chi connectivity index (χ1v) is 9.98. The van der Waals surface area contributed by atoms with Crippen LogP contribution in [0.15, 0.2) is 70.4 Å². The molecule has 28 heavy (non-hydrogen) atoms. The van der Waals surface area contributed by atoms with Gasteiger partial charge in [-0.05, 0) is 47.9 Å². The molecule has 1 unspecified atom stereocenters. The first-order chi connectivity index (χ1) is 13.4. The summed E-state index contributed by atoms with van der Waals surface area (Å²) in [5.74, 6) is -0.0313. The SMILES string of the molecule is Cc1cc(Cl)ccc1C(C/C(=N/O)c1cc[n+]([O-])c(C)c1)c1ccc(Br)cc1. The average molecular weight is 460 g/mol. The van der Waals surface area contributed by atoms with Gasteiger partial charge in [-0.2, -0.15) is 4.73 Å². The van der Waals surface area contributed by atoms with Crippen molar-refractivity contribution in [3.8, 4) is 0 Å². The maximum absolute atomic E-state index is 11.7. The Hall–Kier alpha value is -2.37. The lowest BCUT2D eigenvalue weighted by molar-refractivity contribution is -0.612. The van der Waals surface area contributed by atoms with Gasteiger partial charge in [-0.3, -0.25) is 0 Å². The van der Waals surface area contributed by atoms with Gasteiger partial charge in [0, 0.05) is 46.5 Å². The molecule has 3 aromatic rings. The van der Waals surface area contributed by atoms with Crippen LogP contribution in [0.25, 0.3) is 0 Å². The Morgan fingerprint density at radius 2 is 1.86 bits per heavy atom. The number of nitrogens with zero attached hydrogens (tertiary/aromatic N) is 2. The number of benzene rings is 2. The van der Waals surface area contributed by atoms with E-state index in [0.717, 1.165) is 31.5 Å². The van der Waals surface area contributed by atoms with E-state index in [2.05, 4.69) is 33.2 Å². The Kier molecular flexibility index (Phi) is 6.37. The van der Waals surface area contributed by atoms with Gasteiger partial charge < -0.3 is 10.4 Å². The van der Waals surface area contributed by atoms with E-state index >= 15 is 0 Å². The van der Waals surface area contributed by atoms with Crippen molar-refractivity contribution < 1.29 is 9.94 Å². The minimum absolute atomic E-state index is 0.0313. The molecule has 0 saturated heterocycles. The molecular weight excluding hydrogens is 440 g/mol.